The van der Waals surface area contributed by atoms with E-state index in [0.29, 0.717) is 6.42 Å². The van der Waals surface area contributed by atoms with Crippen LogP contribution in [0.4, 0.5) is 0 Å². The third kappa shape index (κ3) is 3.06. The number of hydrogen-bond acceptors (Lipinski definition) is 4. The predicted molar refractivity (Wildman–Crippen MR) is 51.2 cm³/mol. The quantitative estimate of drug-likeness (QED) is 0.696. The van der Waals surface area contributed by atoms with Gasteiger partial charge < -0.3 is 9.47 Å². The number of aryl methyl sites for hydroxylation is 1. The zero-order chi connectivity index (χ0) is 9.68. The zero-order valence-corrected chi connectivity index (χ0v) is 8.52. The van der Waals surface area contributed by atoms with Crippen LogP contribution in [0.3, 0.4) is 0 Å². The Morgan fingerprint density at radius 2 is 2.23 bits per heavy atom. The molecule has 0 radical (unpaired) electrons. The number of rotatable bonds is 4. The number of esters is 1. The number of carbonyl (C=O) groups is 1. The fourth-order valence-corrected chi connectivity index (χ4v) is 1.75. The molecule has 0 bridgehead atoms. The SMILES string of the molecule is COC(=O)CCc1ccc(OC)s1. The Hall–Kier alpha value is -1.03. The van der Waals surface area contributed by atoms with Crippen molar-refractivity contribution >= 4 is 17.3 Å². The third-order valence-corrected chi connectivity index (χ3v) is 2.75. The maximum absolute atomic E-state index is 10.8. The van der Waals surface area contributed by atoms with Gasteiger partial charge in [0.15, 0.2) is 5.06 Å². The van der Waals surface area contributed by atoms with Gasteiger partial charge in [-0.3, -0.25) is 4.79 Å². The maximum Gasteiger partial charge on any atom is 0.305 e. The van der Waals surface area contributed by atoms with Crippen LogP contribution in [0.2, 0.25) is 0 Å². The lowest BCUT2D eigenvalue weighted by Crippen LogP contribution is -2.00. The molecule has 1 aromatic heterocycles. The topological polar surface area (TPSA) is 35.5 Å². The second-order valence-corrected chi connectivity index (χ2v) is 3.63. The summed E-state index contributed by atoms with van der Waals surface area (Å²) in [5, 5.41) is 0.875. The average molecular weight is 200 g/mol. The van der Waals surface area contributed by atoms with E-state index in [4.69, 9.17) is 4.74 Å². The van der Waals surface area contributed by atoms with Crippen LogP contribution in [0, 0.1) is 0 Å². The van der Waals surface area contributed by atoms with Crippen molar-refractivity contribution < 1.29 is 14.3 Å². The van der Waals surface area contributed by atoms with Gasteiger partial charge in [0, 0.05) is 4.88 Å². The summed E-state index contributed by atoms with van der Waals surface area (Å²) < 4.78 is 9.57. The number of methoxy groups -OCH3 is 2. The van der Waals surface area contributed by atoms with E-state index in [-0.39, 0.29) is 5.97 Å². The van der Waals surface area contributed by atoms with Crippen LogP contribution in [-0.2, 0) is 16.0 Å². The van der Waals surface area contributed by atoms with Crippen molar-refractivity contribution in [1.29, 1.82) is 0 Å². The molecule has 72 valence electrons. The molecule has 0 atom stereocenters. The van der Waals surface area contributed by atoms with Crippen molar-refractivity contribution in [3.63, 3.8) is 0 Å². The second kappa shape index (κ2) is 4.87. The van der Waals surface area contributed by atoms with Gasteiger partial charge in [0.05, 0.1) is 20.6 Å². The summed E-state index contributed by atoms with van der Waals surface area (Å²) in [5.74, 6) is -0.174. The van der Waals surface area contributed by atoms with Crippen LogP contribution in [0.15, 0.2) is 12.1 Å². The van der Waals surface area contributed by atoms with Gasteiger partial charge in [0.25, 0.3) is 0 Å². The highest BCUT2D eigenvalue weighted by atomic mass is 32.1. The Kier molecular flexibility index (Phi) is 3.76. The normalized spacial score (nSPS) is 9.69. The molecule has 4 heteroatoms. The molecule has 3 nitrogen and oxygen atoms in total. The highest BCUT2D eigenvalue weighted by Gasteiger charge is 2.03. The van der Waals surface area contributed by atoms with Gasteiger partial charge in [-0.25, -0.2) is 0 Å². The molecule has 0 aliphatic heterocycles. The van der Waals surface area contributed by atoms with E-state index in [1.54, 1.807) is 18.4 Å². The minimum absolute atomic E-state index is 0.174. The largest absolute Gasteiger partial charge is 0.487 e. The summed E-state index contributed by atoms with van der Waals surface area (Å²) in [7, 11) is 3.03. The first kappa shape index (κ1) is 10.1. The smallest absolute Gasteiger partial charge is 0.305 e. The van der Waals surface area contributed by atoms with E-state index in [1.807, 2.05) is 12.1 Å². The fraction of sp³-hybridized carbons (Fsp3) is 0.444. The van der Waals surface area contributed by atoms with E-state index in [9.17, 15) is 4.79 Å². The van der Waals surface area contributed by atoms with Crippen molar-refractivity contribution in [2.75, 3.05) is 14.2 Å². The molecule has 0 saturated heterocycles. The molecule has 0 amide bonds. The monoisotopic (exact) mass is 200 g/mol. The molecule has 1 aromatic rings. The molecular formula is C9H12O3S. The predicted octanol–water partition coefficient (Wildman–Crippen LogP) is 1.86. The molecule has 1 rings (SSSR count). The van der Waals surface area contributed by atoms with E-state index in [2.05, 4.69) is 4.74 Å². The lowest BCUT2D eigenvalue weighted by molar-refractivity contribution is -0.140. The van der Waals surface area contributed by atoms with Gasteiger partial charge in [0.2, 0.25) is 0 Å². The molecule has 13 heavy (non-hydrogen) atoms. The van der Waals surface area contributed by atoms with Gasteiger partial charge in [-0.2, -0.15) is 0 Å². The zero-order valence-electron chi connectivity index (χ0n) is 7.70. The lowest BCUT2D eigenvalue weighted by Gasteiger charge is -1.96. The number of thiophene rings is 1. The van der Waals surface area contributed by atoms with Gasteiger partial charge in [-0.1, -0.05) is 0 Å². The number of carbonyl (C=O) groups excluding carboxylic acids is 1. The Bertz CT molecular complexity index is 280. The Labute approximate surface area is 81.3 Å². The van der Waals surface area contributed by atoms with E-state index in [1.165, 1.54) is 7.11 Å². The summed E-state index contributed by atoms with van der Waals surface area (Å²) in [6, 6.07) is 3.86. The minimum Gasteiger partial charge on any atom is -0.487 e. The van der Waals surface area contributed by atoms with Crippen LogP contribution < -0.4 is 4.74 Å². The summed E-state index contributed by atoms with van der Waals surface area (Å²) in [6.45, 7) is 0. The van der Waals surface area contributed by atoms with Gasteiger partial charge in [0.1, 0.15) is 0 Å². The minimum atomic E-state index is -0.174. The molecule has 0 spiro atoms. The van der Waals surface area contributed by atoms with E-state index < -0.39 is 0 Å². The van der Waals surface area contributed by atoms with E-state index in [0.717, 1.165) is 16.4 Å². The lowest BCUT2D eigenvalue weighted by atomic mass is 10.3. The summed E-state index contributed by atoms with van der Waals surface area (Å²) in [6.07, 6.45) is 1.15. The average Bonchev–Trinajstić information content (AvgIpc) is 2.61. The van der Waals surface area contributed by atoms with Gasteiger partial charge in [-0.15, -0.1) is 11.3 Å². The first-order valence-electron chi connectivity index (χ1n) is 3.95. The second-order valence-electron chi connectivity index (χ2n) is 2.50. The Balaban J connectivity index is 2.41. The Morgan fingerprint density at radius 1 is 1.46 bits per heavy atom. The summed E-state index contributed by atoms with van der Waals surface area (Å²) >= 11 is 1.56. The van der Waals surface area contributed by atoms with Crippen LogP contribution in [0.25, 0.3) is 0 Å². The molecule has 0 aliphatic rings. The van der Waals surface area contributed by atoms with Crippen LogP contribution in [-0.4, -0.2) is 20.2 Å². The first-order valence-corrected chi connectivity index (χ1v) is 4.77. The summed E-state index contributed by atoms with van der Waals surface area (Å²) in [5.41, 5.74) is 0. The molecule has 0 N–H and O–H groups in total. The molecule has 0 aromatic carbocycles. The van der Waals surface area contributed by atoms with Gasteiger partial charge >= 0.3 is 5.97 Å². The highest BCUT2D eigenvalue weighted by Crippen LogP contribution is 2.24. The van der Waals surface area contributed by atoms with Gasteiger partial charge in [-0.05, 0) is 18.6 Å². The third-order valence-electron chi connectivity index (χ3n) is 1.64. The first-order chi connectivity index (χ1) is 6.26. The van der Waals surface area contributed by atoms with Crippen LogP contribution in [0.1, 0.15) is 11.3 Å². The van der Waals surface area contributed by atoms with Crippen LogP contribution in [0.5, 0.6) is 5.06 Å². The molecule has 1 heterocycles. The van der Waals surface area contributed by atoms with Crippen LogP contribution >= 0.6 is 11.3 Å². The summed E-state index contributed by atoms with van der Waals surface area (Å²) in [4.78, 5) is 12.0. The fourth-order valence-electron chi connectivity index (χ4n) is 0.930. The van der Waals surface area contributed by atoms with Crippen molar-refractivity contribution in [2.45, 2.75) is 12.8 Å². The molecule has 0 aliphatic carbocycles. The van der Waals surface area contributed by atoms with Crippen molar-refractivity contribution in [3.05, 3.63) is 17.0 Å². The van der Waals surface area contributed by atoms with E-state index >= 15 is 0 Å². The van der Waals surface area contributed by atoms with Crippen molar-refractivity contribution in [1.82, 2.24) is 0 Å². The van der Waals surface area contributed by atoms with Crippen molar-refractivity contribution in [3.8, 4) is 5.06 Å². The number of ether oxygens (including phenoxy) is 2. The highest BCUT2D eigenvalue weighted by molar-refractivity contribution is 7.13. The van der Waals surface area contributed by atoms with Crippen molar-refractivity contribution in [2.24, 2.45) is 0 Å². The number of hydrogen-bond donors (Lipinski definition) is 0. The molecular weight excluding hydrogens is 188 g/mol. The maximum atomic E-state index is 10.8. The molecule has 0 saturated carbocycles. The molecule has 0 fully saturated rings. The molecule has 0 unspecified atom stereocenters. The Morgan fingerprint density at radius 3 is 2.77 bits per heavy atom. The standard InChI is InChI=1S/C9H12O3S/c1-11-8(10)5-3-7-4-6-9(12-2)13-7/h4,6H,3,5H2,1-2H3.